The number of rotatable bonds is 5. The van der Waals surface area contributed by atoms with Crippen molar-refractivity contribution in [1.82, 2.24) is 10.3 Å². The van der Waals surface area contributed by atoms with E-state index in [9.17, 15) is 4.79 Å². The molecule has 0 spiro atoms. The van der Waals surface area contributed by atoms with E-state index in [1.165, 1.54) is 9.78 Å². The van der Waals surface area contributed by atoms with Gasteiger partial charge in [-0.3, -0.25) is 4.79 Å². The second-order valence-corrected chi connectivity index (χ2v) is 7.26. The van der Waals surface area contributed by atoms with E-state index in [-0.39, 0.29) is 11.9 Å². The van der Waals surface area contributed by atoms with Crippen LogP contribution in [0.15, 0.2) is 41.2 Å². The molecule has 6 heteroatoms. The second kappa shape index (κ2) is 6.56. The maximum absolute atomic E-state index is 12.4. The van der Waals surface area contributed by atoms with Gasteiger partial charge in [0, 0.05) is 5.56 Å². The highest BCUT2D eigenvalue weighted by Crippen LogP contribution is 2.19. The average Bonchev–Trinajstić information content (AvgIpc) is 3.17. The summed E-state index contributed by atoms with van der Waals surface area (Å²) in [6.07, 6.45) is 0. The molecule has 1 amide bonds. The van der Waals surface area contributed by atoms with Crippen LogP contribution >= 0.6 is 22.7 Å². The number of carbonyl (C=O) groups excluding carboxylic acids is 1. The summed E-state index contributed by atoms with van der Waals surface area (Å²) in [5, 5.41) is 5.13. The van der Waals surface area contributed by atoms with Crippen molar-refractivity contribution in [3.05, 3.63) is 51.7 Å². The van der Waals surface area contributed by atoms with Gasteiger partial charge < -0.3 is 10.2 Å². The molecule has 2 heterocycles. The van der Waals surface area contributed by atoms with Crippen molar-refractivity contribution in [2.24, 2.45) is 0 Å². The van der Waals surface area contributed by atoms with Gasteiger partial charge in [0.25, 0.3) is 5.91 Å². The molecular formula is C16H18N3OS2+. The Balaban J connectivity index is 1.70. The maximum Gasteiger partial charge on any atom is 0.251 e. The Morgan fingerprint density at radius 2 is 2.18 bits per heavy atom. The van der Waals surface area contributed by atoms with Gasteiger partial charge in [0.1, 0.15) is 6.04 Å². The second-order valence-electron chi connectivity index (χ2n) is 5.39. The lowest BCUT2D eigenvalue weighted by atomic mass is 10.2. The summed E-state index contributed by atoms with van der Waals surface area (Å²) < 4.78 is 1.04. The highest BCUT2D eigenvalue weighted by atomic mass is 32.1. The molecule has 0 saturated carbocycles. The fourth-order valence-corrected chi connectivity index (χ4v) is 4.04. The third-order valence-electron chi connectivity index (χ3n) is 3.64. The average molecular weight is 332 g/mol. The number of thiophene rings is 1. The Morgan fingerprint density at radius 1 is 1.32 bits per heavy atom. The summed E-state index contributed by atoms with van der Waals surface area (Å²) in [4.78, 5) is 19.2. The van der Waals surface area contributed by atoms with Crippen molar-refractivity contribution in [1.29, 1.82) is 0 Å². The molecule has 1 atom stereocenters. The zero-order valence-electron chi connectivity index (χ0n) is 12.5. The van der Waals surface area contributed by atoms with Crippen LogP contribution in [0.2, 0.25) is 0 Å². The number of benzene rings is 1. The summed E-state index contributed by atoms with van der Waals surface area (Å²) in [6, 6.07) is 10.1. The lowest BCUT2D eigenvalue weighted by Crippen LogP contribution is -3.06. The standard InChI is InChI=1S/C16H17N3OS2/c1-19(2)13(14-4-3-7-21-14)9-17-16(20)11-5-6-12-15(8-11)22-10-18-12/h3-8,10,13H,9H2,1-2H3,(H,17,20)/p+1/t13-/m0/s1. The van der Waals surface area contributed by atoms with E-state index in [1.54, 1.807) is 28.2 Å². The van der Waals surface area contributed by atoms with Crippen LogP contribution < -0.4 is 10.2 Å². The van der Waals surface area contributed by atoms with Crippen LogP contribution in [-0.2, 0) is 0 Å². The molecule has 0 aliphatic rings. The van der Waals surface area contributed by atoms with E-state index in [0.717, 1.165) is 10.2 Å². The number of quaternary nitrogens is 1. The SMILES string of the molecule is C[NH+](C)[C@@H](CNC(=O)c1ccc2ncsc2c1)c1cccs1. The Hall–Kier alpha value is -1.76. The zero-order valence-corrected chi connectivity index (χ0v) is 14.1. The first kappa shape index (κ1) is 15.1. The van der Waals surface area contributed by atoms with Crippen LogP contribution in [0.5, 0.6) is 0 Å². The number of nitrogens with one attached hydrogen (secondary N) is 2. The molecule has 3 aromatic rings. The van der Waals surface area contributed by atoms with Crippen LogP contribution in [0.25, 0.3) is 10.2 Å². The molecule has 0 aliphatic carbocycles. The Morgan fingerprint density at radius 3 is 2.91 bits per heavy atom. The quantitative estimate of drug-likeness (QED) is 0.750. The first-order valence-electron chi connectivity index (χ1n) is 7.10. The minimum atomic E-state index is -0.0295. The summed E-state index contributed by atoms with van der Waals surface area (Å²) in [5.41, 5.74) is 3.43. The fourth-order valence-electron chi connectivity index (χ4n) is 2.37. The number of likely N-dealkylation sites (N-methyl/N-ethyl adjacent to an activating group) is 1. The van der Waals surface area contributed by atoms with Crippen LogP contribution in [-0.4, -0.2) is 31.5 Å². The number of hydrogen-bond acceptors (Lipinski definition) is 4. The van der Waals surface area contributed by atoms with Gasteiger partial charge in [0.05, 0.1) is 41.2 Å². The number of nitrogens with zero attached hydrogens (tertiary/aromatic N) is 1. The molecule has 0 fully saturated rings. The maximum atomic E-state index is 12.4. The third kappa shape index (κ3) is 3.19. The molecule has 0 unspecified atom stereocenters. The lowest BCUT2D eigenvalue weighted by Gasteiger charge is -2.20. The van der Waals surface area contributed by atoms with Crippen LogP contribution in [0, 0.1) is 0 Å². The first-order chi connectivity index (χ1) is 10.6. The van der Waals surface area contributed by atoms with Crippen molar-refractivity contribution in [3.63, 3.8) is 0 Å². The number of fused-ring (bicyclic) bond motifs is 1. The Bertz CT molecular complexity index is 765. The smallest absolute Gasteiger partial charge is 0.251 e. The normalized spacial score (nSPS) is 12.7. The van der Waals surface area contributed by atoms with Crippen LogP contribution in [0.4, 0.5) is 0 Å². The molecule has 4 nitrogen and oxygen atoms in total. The summed E-state index contributed by atoms with van der Waals surface area (Å²) in [5.74, 6) is -0.0295. The Labute approximate surface area is 137 Å². The number of thiazole rings is 1. The number of amides is 1. The minimum Gasteiger partial charge on any atom is -0.346 e. The number of hydrogen-bond donors (Lipinski definition) is 2. The van der Waals surface area contributed by atoms with Crippen LogP contribution in [0.3, 0.4) is 0 Å². The van der Waals surface area contributed by atoms with Crippen LogP contribution in [0.1, 0.15) is 21.3 Å². The van der Waals surface area contributed by atoms with E-state index in [1.807, 2.05) is 18.2 Å². The van der Waals surface area contributed by atoms with E-state index < -0.39 is 0 Å². The highest BCUT2D eigenvalue weighted by molar-refractivity contribution is 7.16. The van der Waals surface area contributed by atoms with E-state index >= 15 is 0 Å². The molecule has 0 saturated heterocycles. The predicted octanol–water partition coefficient (Wildman–Crippen LogP) is 1.97. The van der Waals surface area contributed by atoms with Crippen molar-refractivity contribution in [3.8, 4) is 0 Å². The summed E-state index contributed by atoms with van der Waals surface area (Å²) >= 11 is 3.28. The molecule has 22 heavy (non-hydrogen) atoms. The third-order valence-corrected chi connectivity index (χ3v) is 5.42. The van der Waals surface area contributed by atoms with Gasteiger partial charge in [0.15, 0.2) is 0 Å². The van der Waals surface area contributed by atoms with Crippen molar-refractivity contribution >= 4 is 38.8 Å². The van der Waals surface area contributed by atoms with Gasteiger partial charge in [-0.05, 0) is 29.6 Å². The molecule has 0 radical (unpaired) electrons. The van der Waals surface area contributed by atoms with Crippen molar-refractivity contribution < 1.29 is 9.69 Å². The van der Waals surface area contributed by atoms with Gasteiger partial charge in [-0.2, -0.15) is 0 Å². The highest BCUT2D eigenvalue weighted by Gasteiger charge is 2.20. The largest absolute Gasteiger partial charge is 0.346 e. The molecule has 2 N–H and O–H groups in total. The first-order valence-corrected chi connectivity index (χ1v) is 8.86. The minimum absolute atomic E-state index is 0.0295. The van der Waals surface area contributed by atoms with Gasteiger partial charge in [-0.25, -0.2) is 4.98 Å². The van der Waals surface area contributed by atoms with Gasteiger partial charge in [-0.1, -0.05) is 6.07 Å². The monoisotopic (exact) mass is 332 g/mol. The number of carbonyl (C=O) groups is 1. The molecule has 0 bridgehead atoms. The predicted molar refractivity (Wildman–Crippen MR) is 91.8 cm³/mol. The van der Waals surface area contributed by atoms with E-state index in [2.05, 4.69) is 41.9 Å². The topological polar surface area (TPSA) is 46.4 Å². The molecule has 2 aromatic heterocycles. The lowest BCUT2D eigenvalue weighted by molar-refractivity contribution is -0.890. The van der Waals surface area contributed by atoms with Gasteiger partial charge >= 0.3 is 0 Å². The Kier molecular flexibility index (Phi) is 4.52. The van der Waals surface area contributed by atoms with Gasteiger partial charge in [-0.15, -0.1) is 22.7 Å². The van der Waals surface area contributed by atoms with E-state index in [0.29, 0.717) is 12.1 Å². The van der Waals surface area contributed by atoms with Crippen molar-refractivity contribution in [2.75, 3.05) is 20.6 Å². The molecule has 114 valence electrons. The molecule has 1 aromatic carbocycles. The fraction of sp³-hybridized carbons (Fsp3) is 0.250. The molecular weight excluding hydrogens is 314 g/mol. The van der Waals surface area contributed by atoms with Crippen molar-refractivity contribution in [2.45, 2.75) is 6.04 Å². The zero-order chi connectivity index (χ0) is 15.5. The summed E-state index contributed by atoms with van der Waals surface area (Å²) in [6.45, 7) is 0.627. The molecule has 0 aliphatic heterocycles. The van der Waals surface area contributed by atoms with Gasteiger partial charge in [0.2, 0.25) is 0 Å². The van der Waals surface area contributed by atoms with E-state index in [4.69, 9.17) is 0 Å². The number of aromatic nitrogens is 1. The molecule has 3 rings (SSSR count). The summed E-state index contributed by atoms with van der Waals surface area (Å²) in [7, 11) is 4.22.